The van der Waals surface area contributed by atoms with Crippen molar-refractivity contribution < 1.29 is 4.74 Å². The van der Waals surface area contributed by atoms with E-state index in [1.165, 1.54) is 5.56 Å². The summed E-state index contributed by atoms with van der Waals surface area (Å²) < 4.78 is 5.24. The molecule has 0 radical (unpaired) electrons. The van der Waals surface area contributed by atoms with Gasteiger partial charge in [-0.3, -0.25) is 9.80 Å². The van der Waals surface area contributed by atoms with Crippen LogP contribution in [0.3, 0.4) is 0 Å². The third kappa shape index (κ3) is 3.95. The highest BCUT2D eigenvalue weighted by atomic mass is 35.5. The van der Waals surface area contributed by atoms with E-state index in [0.29, 0.717) is 12.1 Å². The van der Waals surface area contributed by atoms with E-state index in [2.05, 4.69) is 35.8 Å². The third-order valence-corrected chi connectivity index (χ3v) is 4.49. The van der Waals surface area contributed by atoms with Crippen LogP contribution in [-0.4, -0.2) is 55.7 Å². The summed E-state index contributed by atoms with van der Waals surface area (Å²) in [6, 6.07) is 9.13. The number of rotatable bonds is 5. The third-order valence-electron chi connectivity index (χ3n) is 4.26. The molecule has 0 amide bonds. The number of hydrogen-bond acceptors (Lipinski definition) is 3. The second-order valence-electron chi connectivity index (χ2n) is 5.61. The largest absolute Gasteiger partial charge is 0.383 e. The van der Waals surface area contributed by atoms with Crippen LogP contribution in [0.1, 0.15) is 25.5 Å². The second-order valence-corrected chi connectivity index (χ2v) is 6.04. The minimum absolute atomic E-state index is 0.425. The van der Waals surface area contributed by atoms with E-state index in [4.69, 9.17) is 16.3 Å². The van der Waals surface area contributed by atoms with Crippen molar-refractivity contribution in [2.24, 2.45) is 0 Å². The first-order chi connectivity index (χ1) is 9.61. The number of ether oxygens (including phenoxy) is 1. The zero-order valence-electron chi connectivity index (χ0n) is 12.7. The monoisotopic (exact) mass is 296 g/mol. The molecule has 0 spiro atoms. The van der Waals surface area contributed by atoms with Gasteiger partial charge in [-0.25, -0.2) is 0 Å². The van der Waals surface area contributed by atoms with Crippen molar-refractivity contribution in [1.29, 1.82) is 0 Å². The number of halogens is 1. The fourth-order valence-corrected chi connectivity index (χ4v) is 3.09. The quantitative estimate of drug-likeness (QED) is 0.830. The van der Waals surface area contributed by atoms with E-state index >= 15 is 0 Å². The van der Waals surface area contributed by atoms with Crippen LogP contribution in [0.2, 0.25) is 5.02 Å². The topological polar surface area (TPSA) is 15.7 Å². The number of hydrogen-bond donors (Lipinski definition) is 0. The Labute approximate surface area is 127 Å². The molecule has 112 valence electrons. The maximum absolute atomic E-state index is 6.09. The Balaban J connectivity index is 1.90. The van der Waals surface area contributed by atoms with Gasteiger partial charge in [0.15, 0.2) is 0 Å². The van der Waals surface area contributed by atoms with Gasteiger partial charge in [0.1, 0.15) is 0 Å². The normalized spacial score (nSPS) is 20.8. The Bertz CT molecular complexity index is 419. The van der Waals surface area contributed by atoms with Gasteiger partial charge in [0.2, 0.25) is 0 Å². The molecule has 1 fully saturated rings. The van der Waals surface area contributed by atoms with Crippen molar-refractivity contribution in [3.63, 3.8) is 0 Å². The summed E-state index contributed by atoms with van der Waals surface area (Å²) >= 11 is 6.09. The van der Waals surface area contributed by atoms with Crippen LogP contribution >= 0.6 is 11.6 Å². The molecule has 1 saturated heterocycles. The van der Waals surface area contributed by atoms with Crippen LogP contribution in [0.25, 0.3) is 0 Å². The van der Waals surface area contributed by atoms with Crippen molar-refractivity contribution in [3.8, 4) is 0 Å². The van der Waals surface area contributed by atoms with Crippen molar-refractivity contribution in [2.45, 2.75) is 25.9 Å². The van der Waals surface area contributed by atoms with Crippen molar-refractivity contribution >= 4 is 11.6 Å². The summed E-state index contributed by atoms with van der Waals surface area (Å²) in [4.78, 5) is 5.03. The highest BCUT2D eigenvalue weighted by Gasteiger charge is 2.24. The van der Waals surface area contributed by atoms with Gasteiger partial charge in [0, 0.05) is 50.4 Å². The van der Waals surface area contributed by atoms with Gasteiger partial charge in [-0.1, -0.05) is 23.7 Å². The highest BCUT2D eigenvalue weighted by Crippen LogP contribution is 2.24. The molecular formula is C16H25ClN2O. The second kappa shape index (κ2) is 7.41. The molecule has 3 nitrogen and oxygen atoms in total. The Morgan fingerprint density at radius 3 is 2.40 bits per heavy atom. The molecule has 0 aromatic heterocycles. The van der Waals surface area contributed by atoms with Crippen molar-refractivity contribution in [3.05, 3.63) is 34.9 Å². The first-order valence-electron chi connectivity index (χ1n) is 7.34. The van der Waals surface area contributed by atoms with Crippen LogP contribution in [0.5, 0.6) is 0 Å². The van der Waals surface area contributed by atoms with Crippen LogP contribution in [0, 0.1) is 0 Å². The van der Waals surface area contributed by atoms with Crippen LogP contribution < -0.4 is 0 Å². The van der Waals surface area contributed by atoms with E-state index in [1.54, 1.807) is 7.11 Å². The molecule has 0 bridgehead atoms. The lowest BCUT2D eigenvalue weighted by Gasteiger charge is -2.40. The molecular weight excluding hydrogens is 272 g/mol. The fraction of sp³-hybridized carbons (Fsp3) is 0.625. The summed E-state index contributed by atoms with van der Waals surface area (Å²) in [5.74, 6) is 0. The van der Waals surface area contributed by atoms with Crippen molar-refractivity contribution in [2.75, 3.05) is 39.9 Å². The average molecular weight is 297 g/mol. The smallest absolute Gasteiger partial charge is 0.0615 e. The zero-order valence-corrected chi connectivity index (χ0v) is 13.4. The zero-order chi connectivity index (χ0) is 14.5. The van der Waals surface area contributed by atoms with E-state index in [-0.39, 0.29) is 0 Å². The molecule has 0 N–H and O–H groups in total. The maximum Gasteiger partial charge on any atom is 0.0615 e. The molecule has 2 atom stereocenters. The Morgan fingerprint density at radius 2 is 1.80 bits per heavy atom. The maximum atomic E-state index is 6.09. The molecule has 0 unspecified atom stereocenters. The van der Waals surface area contributed by atoms with Gasteiger partial charge in [0.25, 0.3) is 0 Å². The van der Waals surface area contributed by atoms with Gasteiger partial charge < -0.3 is 4.74 Å². The van der Waals surface area contributed by atoms with Crippen molar-refractivity contribution in [1.82, 2.24) is 9.80 Å². The summed E-state index contributed by atoms with van der Waals surface area (Å²) in [7, 11) is 1.77. The number of nitrogens with zero attached hydrogens (tertiary/aromatic N) is 2. The molecule has 2 rings (SSSR count). The predicted octanol–water partition coefficient (Wildman–Crippen LogP) is 3.05. The standard InChI is InChI=1S/C16H25ClN2O/c1-13(12-20-3)18-7-9-19(10-8-18)14(2)15-5-4-6-16(17)11-15/h4-6,11,13-14H,7-10,12H2,1-3H3/t13-,14+/m1/s1. The predicted molar refractivity (Wildman–Crippen MR) is 84.4 cm³/mol. The molecule has 1 aliphatic heterocycles. The Kier molecular flexibility index (Phi) is 5.85. The van der Waals surface area contributed by atoms with Gasteiger partial charge in [-0.2, -0.15) is 0 Å². The van der Waals surface area contributed by atoms with E-state index in [0.717, 1.165) is 37.8 Å². The number of benzene rings is 1. The van der Waals surface area contributed by atoms with Crippen LogP contribution in [-0.2, 0) is 4.74 Å². The van der Waals surface area contributed by atoms with Gasteiger partial charge in [0.05, 0.1) is 6.61 Å². The Morgan fingerprint density at radius 1 is 1.15 bits per heavy atom. The summed E-state index contributed by atoms with van der Waals surface area (Å²) in [5, 5.41) is 0.821. The molecule has 1 aromatic rings. The summed E-state index contributed by atoms with van der Waals surface area (Å²) in [6.45, 7) is 9.72. The molecule has 0 saturated carbocycles. The molecule has 4 heteroatoms. The molecule has 1 aromatic carbocycles. The number of methoxy groups -OCH3 is 1. The number of piperazine rings is 1. The Hall–Kier alpha value is -0.610. The first kappa shape index (κ1) is 15.8. The highest BCUT2D eigenvalue weighted by molar-refractivity contribution is 6.30. The SMILES string of the molecule is COC[C@@H](C)N1CCN([C@@H](C)c2cccc(Cl)c2)CC1. The lowest BCUT2D eigenvalue weighted by atomic mass is 10.1. The lowest BCUT2D eigenvalue weighted by Crippen LogP contribution is -2.51. The average Bonchev–Trinajstić information content (AvgIpc) is 2.47. The molecule has 0 aliphatic carbocycles. The van der Waals surface area contributed by atoms with Crippen LogP contribution in [0.15, 0.2) is 24.3 Å². The minimum Gasteiger partial charge on any atom is -0.383 e. The van der Waals surface area contributed by atoms with E-state index < -0.39 is 0 Å². The summed E-state index contributed by atoms with van der Waals surface area (Å²) in [6.07, 6.45) is 0. The molecule has 1 heterocycles. The van der Waals surface area contributed by atoms with Gasteiger partial charge >= 0.3 is 0 Å². The van der Waals surface area contributed by atoms with Gasteiger partial charge in [-0.15, -0.1) is 0 Å². The lowest BCUT2D eigenvalue weighted by molar-refractivity contribution is 0.0446. The minimum atomic E-state index is 0.425. The first-order valence-corrected chi connectivity index (χ1v) is 7.72. The fourth-order valence-electron chi connectivity index (χ4n) is 2.89. The van der Waals surface area contributed by atoms with E-state index in [9.17, 15) is 0 Å². The van der Waals surface area contributed by atoms with Gasteiger partial charge in [-0.05, 0) is 31.5 Å². The van der Waals surface area contributed by atoms with Crippen LogP contribution in [0.4, 0.5) is 0 Å². The van der Waals surface area contributed by atoms with E-state index in [1.807, 2.05) is 12.1 Å². The molecule has 20 heavy (non-hydrogen) atoms. The summed E-state index contributed by atoms with van der Waals surface area (Å²) in [5.41, 5.74) is 1.30. The molecule has 1 aliphatic rings.